The van der Waals surface area contributed by atoms with Crippen molar-refractivity contribution in [2.45, 2.75) is 30.7 Å². The number of para-hydroxylation sites is 1. The first kappa shape index (κ1) is 11.7. The molecule has 0 radical (unpaired) electrons. The van der Waals surface area contributed by atoms with Gasteiger partial charge in [-0.25, -0.2) is 0 Å². The van der Waals surface area contributed by atoms with E-state index in [1.165, 1.54) is 5.56 Å². The zero-order chi connectivity index (χ0) is 12.5. The van der Waals surface area contributed by atoms with Crippen molar-refractivity contribution in [3.05, 3.63) is 41.6 Å². The molecule has 4 nitrogen and oxygen atoms in total. The summed E-state index contributed by atoms with van der Waals surface area (Å²) in [6.07, 6.45) is 1.55. The third kappa shape index (κ3) is 2.03. The van der Waals surface area contributed by atoms with Crippen molar-refractivity contribution in [1.82, 2.24) is 10.2 Å². The van der Waals surface area contributed by atoms with E-state index in [9.17, 15) is 0 Å². The summed E-state index contributed by atoms with van der Waals surface area (Å²) >= 11 is 3.50. The molecule has 1 aliphatic rings. The minimum atomic E-state index is -0.153. The third-order valence-corrected chi connectivity index (χ3v) is 4.04. The summed E-state index contributed by atoms with van der Waals surface area (Å²) in [4.78, 5) is 0.113. The monoisotopic (exact) mass is 308 g/mol. The third-order valence-electron chi connectivity index (χ3n) is 3.01. The molecule has 1 aromatic carbocycles. The van der Waals surface area contributed by atoms with Gasteiger partial charge in [0.2, 0.25) is 5.89 Å². The van der Waals surface area contributed by atoms with Gasteiger partial charge < -0.3 is 9.15 Å². The molecule has 2 heterocycles. The van der Waals surface area contributed by atoms with Gasteiger partial charge in [0.25, 0.3) is 5.89 Å². The number of nitrogens with zero attached hydrogens (tertiary/aromatic N) is 2. The van der Waals surface area contributed by atoms with Gasteiger partial charge in [0.05, 0.1) is 4.83 Å². The van der Waals surface area contributed by atoms with Crippen molar-refractivity contribution in [3.63, 3.8) is 0 Å². The molecule has 1 aliphatic heterocycles. The number of halogens is 1. The largest absolute Gasteiger partial charge is 0.480 e. The highest BCUT2D eigenvalue weighted by Crippen LogP contribution is 2.36. The Labute approximate surface area is 113 Å². The number of ether oxygens (including phenoxy) is 1. The Morgan fingerprint density at radius 1 is 1.39 bits per heavy atom. The van der Waals surface area contributed by atoms with Crippen molar-refractivity contribution >= 4 is 15.9 Å². The molecule has 0 aliphatic carbocycles. The maximum atomic E-state index is 5.81. The van der Waals surface area contributed by atoms with Gasteiger partial charge >= 0.3 is 0 Å². The maximum absolute atomic E-state index is 5.81. The van der Waals surface area contributed by atoms with E-state index in [0.29, 0.717) is 11.8 Å². The van der Waals surface area contributed by atoms with Gasteiger partial charge in [-0.05, 0) is 18.1 Å². The van der Waals surface area contributed by atoms with E-state index in [0.717, 1.165) is 18.6 Å². The van der Waals surface area contributed by atoms with E-state index in [4.69, 9.17) is 9.15 Å². The second kappa shape index (κ2) is 4.72. The summed E-state index contributed by atoms with van der Waals surface area (Å²) in [5.74, 6) is 2.08. The topological polar surface area (TPSA) is 48.2 Å². The van der Waals surface area contributed by atoms with Crippen molar-refractivity contribution < 1.29 is 9.15 Å². The summed E-state index contributed by atoms with van der Waals surface area (Å²) in [5, 5.41) is 8.13. The van der Waals surface area contributed by atoms with Crippen LogP contribution in [-0.2, 0) is 6.42 Å². The molecule has 2 atom stereocenters. The molecule has 2 unspecified atom stereocenters. The van der Waals surface area contributed by atoms with E-state index in [-0.39, 0.29) is 10.9 Å². The van der Waals surface area contributed by atoms with E-state index in [1.54, 1.807) is 0 Å². The normalized spacial score (nSPS) is 19.3. The summed E-state index contributed by atoms with van der Waals surface area (Å²) in [6.45, 7) is 2.06. The molecule has 5 heteroatoms. The lowest BCUT2D eigenvalue weighted by Gasteiger charge is -2.05. The SMILES string of the molecule is CCC(Br)c1nnc(C2Cc3ccccc3O2)o1. The number of alkyl halides is 1. The van der Waals surface area contributed by atoms with Gasteiger partial charge in [0.15, 0.2) is 6.10 Å². The minimum Gasteiger partial charge on any atom is -0.480 e. The predicted octanol–water partition coefficient (Wildman–Crippen LogP) is 3.59. The highest BCUT2D eigenvalue weighted by atomic mass is 79.9. The molecule has 0 saturated heterocycles. The van der Waals surface area contributed by atoms with Crippen LogP contribution in [0.15, 0.2) is 28.7 Å². The zero-order valence-corrected chi connectivity index (χ0v) is 11.6. The smallest absolute Gasteiger partial charge is 0.257 e. The van der Waals surface area contributed by atoms with Crippen LogP contribution in [0.4, 0.5) is 0 Å². The summed E-state index contributed by atoms with van der Waals surface area (Å²) in [5.41, 5.74) is 1.19. The Morgan fingerprint density at radius 2 is 2.22 bits per heavy atom. The van der Waals surface area contributed by atoms with Crippen molar-refractivity contribution in [2.24, 2.45) is 0 Å². The molecule has 0 bridgehead atoms. The second-order valence-electron chi connectivity index (χ2n) is 4.27. The van der Waals surface area contributed by atoms with E-state index in [1.807, 2.05) is 18.2 Å². The van der Waals surface area contributed by atoms with Crippen LogP contribution in [0.25, 0.3) is 0 Å². The number of fused-ring (bicyclic) bond motifs is 1. The number of rotatable bonds is 3. The predicted molar refractivity (Wildman–Crippen MR) is 69.8 cm³/mol. The van der Waals surface area contributed by atoms with E-state index in [2.05, 4.69) is 39.1 Å². The fourth-order valence-electron chi connectivity index (χ4n) is 2.00. The lowest BCUT2D eigenvalue weighted by Crippen LogP contribution is -2.03. The quantitative estimate of drug-likeness (QED) is 0.813. The average Bonchev–Trinajstić information content (AvgIpc) is 3.03. The lowest BCUT2D eigenvalue weighted by molar-refractivity contribution is 0.194. The van der Waals surface area contributed by atoms with Crippen LogP contribution < -0.4 is 4.74 Å². The van der Waals surface area contributed by atoms with Crippen LogP contribution in [0.3, 0.4) is 0 Å². The lowest BCUT2D eigenvalue weighted by atomic mass is 10.1. The van der Waals surface area contributed by atoms with Crippen LogP contribution in [0.2, 0.25) is 0 Å². The van der Waals surface area contributed by atoms with Crippen molar-refractivity contribution in [1.29, 1.82) is 0 Å². The first-order chi connectivity index (χ1) is 8.78. The summed E-state index contributed by atoms with van der Waals surface area (Å²) in [7, 11) is 0. The molecule has 0 N–H and O–H groups in total. The number of hydrogen-bond acceptors (Lipinski definition) is 4. The van der Waals surface area contributed by atoms with Crippen molar-refractivity contribution in [3.8, 4) is 5.75 Å². The Kier molecular flexibility index (Phi) is 3.07. The second-order valence-corrected chi connectivity index (χ2v) is 5.38. The summed E-state index contributed by atoms with van der Waals surface area (Å²) in [6, 6.07) is 8.00. The molecular weight excluding hydrogens is 296 g/mol. The fourth-order valence-corrected chi connectivity index (χ4v) is 2.18. The van der Waals surface area contributed by atoms with Gasteiger partial charge in [-0.1, -0.05) is 41.1 Å². The van der Waals surface area contributed by atoms with E-state index >= 15 is 0 Å². The van der Waals surface area contributed by atoms with E-state index < -0.39 is 0 Å². The fraction of sp³-hybridized carbons (Fsp3) is 0.385. The maximum Gasteiger partial charge on any atom is 0.257 e. The Morgan fingerprint density at radius 3 is 3.00 bits per heavy atom. The molecule has 0 fully saturated rings. The molecule has 0 amide bonds. The molecule has 3 rings (SSSR count). The Balaban J connectivity index is 1.80. The van der Waals surface area contributed by atoms with Gasteiger partial charge in [-0.15, -0.1) is 10.2 Å². The highest BCUT2D eigenvalue weighted by molar-refractivity contribution is 9.09. The average molecular weight is 309 g/mol. The molecule has 18 heavy (non-hydrogen) atoms. The van der Waals surface area contributed by atoms with Gasteiger partial charge in [-0.2, -0.15) is 0 Å². The van der Waals surface area contributed by atoms with Crippen molar-refractivity contribution in [2.75, 3.05) is 0 Å². The molecule has 0 saturated carbocycles. The molecular formula is C13H13BrN2O2. The standard InChI is InChI=1S/C13H13BrN2O2/c1-2-9(14)12-15-16-13(18-12)11-7-8-5-3-4-6-10(8)17-11/h3-6,9,11H,2,7H2,1H3. The zero-order valence-electron chi connectivity index (χ0n) is 9.97. The molecule has 1 aromatic heterocycles. The number of benzene rings is 1. The Hall–Kier alpha value is -1.36. The number of hydrogen-bond donors (Lipinski definition) is 0. The summed E-state index contributed by atoms with van der Waals surface area (Å²) < 4.78 is 11.5. The number of aromatic nitrogens is 2. The molecule has 0 spiro atoms. The minimum absolute atomic E-state index is 0.113. The van der Waals surface area contributed by atoms with Crippen LogP contribution in [0, 0.1) is 0 Å². The van der Waals surface area contributed by atoms with Gasteiger partial charge in [0.1, 0.15) is 5.75 Å². The van der Waals surface area contributed by atoms with Gasteiger partial charge in [0, 0.05) is 6.42 Å². The van der Waals surface area contributed by atoms with Gasteiger partial charge in [-0.3, -0.25) is 0 Å². The first-order valence-electron chi connectivity index (χ1n) is 6.00. The van der Waals surface area contributed by atoms with Crippen LogP contribution in [0.1, 0.15) is 41.6 Å². The molecule has 2 aromatic rings. The Bertz CT molecular complexity index is 530. The van der Waals surface area contributed by atoms with Crippen LogP contribution >= 0.6 is 15.9 Å². The van der Waals surface area contributed by atoms with Crippen LogP contribution in [0.5, 0.6) is 5.75 Å². The highest BCUT2D eigenvalue weighted by Gasteiger charge is 2.29. The van der Waals surface area contributed by atoms with Crippen LogP contribution in [-0.4, -0.2) is 10.2 Å². The first-order valence-corrected chi connectivity index (χ1v) is 6.91. The molecule has 94 valence electrons.